The first kappa shape index (κ1) is 15.9. The fourth-order valence-electron chi connectivity index (χ4n) is 2.58. The second-order valence-corrected chi connectivity index (χ2v) is 6.28. The van der Waals surface area contributed by atoms with Crippen LogP contribution in [0, 0.1) is 0 Å². The summed E-state index contributed by atoms with van der Waals surface area (Å²) in [5, 5.41) is 3.40. The van der Waals surface area contributed by atoms with Crippen molar-refractivity contribution in [1.29, 1.82) is 0 Å². The first-order valence-electron chi connectivity index (χ1n) is 6.88. The van der Waals surface area contributed by atoms with Crippen molar-refractivity contribution in [3.63, 3.8) is 0 Å². The second kappa shape index (κ2) is 6.12. The minimum absolute atomic E-state index is 0.000701. The Morgan fingerprint density at radius 2 is 2.24 bits per heavy atom. The van der Waals surface area contributed by atoms with Crippen LogP contribution in [-0.4, -0.2) is 42.8 Å². The highest BCUT2D eigenvalue weighted by Crippen LogP contribution is 2.28. The molecule has 0 bridgehead atoms. The summed E-state index contributed by atoms with van der Waals surface area (Å²) < 4.78 is 11.0. The van der Waals surface area contributed by atoms with Crippen LogP contribution in [0.2, 0.25) is 5.02 Å². The van der Waals surface area contributed by atoms with Crippen molar-refractivity contribution in [1.82, 2.24) is 4.90 Å². The number of urea groups is 1. The summed E-state index contributed by atoms with van der Waals surface area (Å²) in [6.45, 7) is 7.00. The Hall–Kier alpha value is -1.46. The van der Waals surface area contributed by atoms with E-state index in [9.17, 15) is 4.79 Å². The Labute approximate surface area is 130 Å². The lowest BCUT2D eigenvalue weighted by molar-refractivity contribution is -0.116. The van der Waals surface area contributed by atoms with E-state index in [4.69, 9.17) is 21.1 Å². The number of carbonyl (C=O) groups is 1. The van der Waals surface area contributed by atoms with Gasteiger partial charge in [-0.05, 0) is 39.0 Å². The second-order valence-electron chi connectivity index (χ2n) is 5.84. The van der Waals surface area contributed by atoms with Crippen LogP contribution in [0.15, 0.2) is 18.2 Å². The van der Waals surface area contributed by atoms with E-state index in [1.807, 2.05) is 20.8 Å². The summed E-state index contributed by atoms with van der Waals surface area (Å²) >= 11 is 5.97. The van der Waals surface area contributed by atoms with Crippen molar-refractivity contribution in [2.45, 2.75) is 32.5 Å². The van der Waals surface area contributed by atoms with Crippen molar-refractivity contribution in [2.24, 2.45) is 0 Å². The van der Waals surface area contributed by atoms with E-state index in [-0.39, 0.29) is 17.7 Å². The third-order valence-corrected chi connectivity index (χ3v) is 3.49. The number of hydrogen-bond acceptors (Lipinski definition) is 3. The summed E-state index contributed by atoms with van der Waals surface area (Å²) in [5.74, 6) is 0.577. The smallest absolute Gasteiger partial charge is 0.322 e. The van der Waals surface area contributed by atoms with Gasteiger partial charge in [-0.15, -0.1) is 0 Å². The molecule has 0 spiro atoms. The zero-order chi connectivity index (χ0) is 15.6. The molecule has 1 fully saturated rings. The quantitative estimate of drug-likeness (QED) is 0.910. The largest absolute Gasteiger partial charge is 0.495 e. The van der Waals surface area contributed by atoms with Crippen LogP contribution in [-0.2, 0) is 4.74 Å². The maximum absolute atomic E-state index is 12.4. The van der Waals surface area contributed by atoms with Gasteiger partial charge in [0, 0.05) is 11.6 Å². The van der Waals surface area contributed by atoms with Gasteiger partial charge in [0.05, 0.1) is 31.0 Å². The molecule has 1 saturated heterocycles. The minimum atomic E-state index is -0.354. The van der Waals surface area contributed by atoms with Crippen LogP contribution in [0.1, 0.15) is 20.8 Å². The molecule has 6 heteroatoms. The number of halogens is 1. The molecule has 1 atom stereocenters. The number of rotatable bonds is 2. The van der Waals surface area contributed by atoms with E-state index in [0.717, 1.165) is 0 Å². The summed E-state index contributed by atoms with van der Waals surface area (Å²) in [6, 6.07) is 4.94. The van der Waals surface area contributed by atoms with E-state index in [2.05, 4.69) is 5.32 Å². The molecule has 2 amide bonds. The van der Waals surface area contributed by atoms with E-state index >= 15 is 0 Å². The Balaban J connectivity index is 2.12. The molecule has 5 nitrogen and oxygen atoms in total. The molecule has 0 aromatic heterocycles. The van der Waals surface area contributed by atoms with Gasteiger partial charge in [-0.3, -0.25) is 0 Å². The number of amides is 2. The Kier molecular flexibility index (Phi) is 4.64. The molecule has 0 aliphatic carbocycles. The fourth-order valence-corrected chi connectivity index (χ4v) is 2.75. The predicted octanol–water partition coefficient (Wildman–Crippen LogP) is 3.38. The molecule has 21 heavy (non-hydrogen) atoms. The molecule has 1 aliphatic heterocycles. The summed E-state index contributed by atoms with van der Waals surface area (Å²) in [6.07, 6.45) is 0.000701. The van der Waals surface area contributed by atoms with Gasteiger partial charge in [0.25, 0.3) is 0 Å². The van der Waals surface area contributed by atoms with Gasteiger partial charge in [0.15, 0.2) is 0 Å². The van der Waals surface area contributed by atoms with Gasteiger partial charge >= 0.3 is 6.03 Å². The third kappa shape index (κ3) is 4.02. The van der Waals surface area contributed by atoms with E-state index in [1.54, 1.807) is 30.2 Å². The van der Waals surface area contributed by atoms with E-state index in [0.29, 0.717) is 29.5 Å². The number of benzene rings is 1. The zero-order valence-corrected chi connectivity index (χ0v) is 13.5. The predicted molar refractivity (Wildman–Crippen MR) is 83.2 cm³/mol. The molecule has 1 heterocycles. The number of anilines is 1. The Bertz CT molecular complexity index is 534. The van der Waals surface area contributed by atoms with Gasteiger partial charge in [-0.2, -0.15) is 0 Å². The standard InChI is InChI=1S/C15H21ClN2O3/c1-10-8-18(9-15(2,3)21-10)14(19)17-12-7-11(16)5-6-13(12)20-4/h5-7,10H,8-9H2,1-4H3,(H,17,19). The number of hydrogen-bond donors (Lipinski definition) is 1. The molecule has 1 unspecified atom stereocenters. The normalized spacial score (nSPS) is 21.0. The van der Waals surface area contributed by atoms with Crippen molar-refractivity contribution in [2.75, 3.05) is 25.5 Å². The fraction of sp³-hybridized carbons (Fsp3) is 0.533. The molecule has 0 saturated carbocycles. The van der Waals surface area contributed by atoms with Crippen LogP contribution in [0.3, 0.4) is 0 Å². The summed E-state index contributed by atoms with van der Waals surface area (Å²) in [4.78, 5) is 14.2. The van der Waals surface area contributed by atoms with Crippen LogP contribution in [0.25, 0.3) is 0 Å². The first-order chi connectivity index (χ1) is 9.80. The summed E-state index contributed by atoms with van der Waals surface area (Å²) in [5.41, 5.74) is 0.208. The van der Waals surface area contributed by atoms with Crippen LogP contribution >= 0.6 is 11.6 Å². The number of ether oxygens (including phenoxy) is 2. The third-order valence-electron chi connectivity index (χ3n) is 3.26. The van der Waals surface area contributed by atoms with Crippen LogP contribution in [0.4, 0.5) is 10.5 Å². The van der Waals surface area contributed by atoms with Gasteiger partial charge in [0.1, 0.15) is 5.75 Å². The van der Waals surface area contributed by atoms with Crippen LogP contribution in [0.5, 0.6) is 5.75 Å². The van der Waals surface area contributed by atoms with E-state index in [1.165, 1.54) is 0 Å². The monoisotopic (exact) mass is 312 g/mol. The van der Waals surface area contributed by atoms with Crippen molar-refractivity contribution in [3.05, 3.63) is 23.2 Å². The van der Waals surface area contributed by atoms with Crippen LogP contribution < -0.4 is 10.1 Å². The molecule has 2 rings (SSSR count). The number of nitrogens with one attached hydrogen (secondary N) is 1. The topological polar surface area (TPSA) is 50.8 Å². The van der Waals surface area contributed by atoms with Gasteiger partial charge < -0.3 is 19.7 Å². The molecule has 1 aromatic carbocycles. The molecule has 1 aliphatic rings. The van der Waals surface area contributed by atoms with Crippen molar-refractivity contribution >= 4 is 23.3 Å². The SMILES string of the molecule is COc1ccc(Cl)cc1NC(=O)N1CC(C)OC(C)(C)C1. The lowest BCUT2D eigenvalue weighted by Crippen LogP contribution is -2.54. The van der Waals surface area contributed by atoms with Gasteiger partial charge in [0.2, 0.25) is 0 Å². The minimum Gasteiger partial charge on any atom is -0.495 e. The maximum Gasteiger partial charge on any atom is 0.322 e. The molecule has 1 aromatic rings. The average molecular weight is 313 g/mol. The molecular weight excluding hydrogens is 292 g/mol. The zero-order valence-electron chi connectivity index (χ0n) is 12.8. The Morgan fingerprint density at radius 3 is 2.86 bits per heavy atom. The van der Waals surface area contributed by atoms with E-state index < -0.39 is 0 Å². The molecule has 0 radical (unpaired) electrons. The number of morpholine rings is 1. The highest BCUT2D eigenvalue weighted by molar-refractivity contribution is 6.31. The van der Waals surface area contributed by atoms with Gasteiger partial charge in [-0.25, -0.2) is 4.79 Å². The molecule has 1 N–H and O–H groups in total. The van der Waals surface area contributed by atoms with Gasteiger partial charge in [-0.1, -0.05) is 11.6 Å². The Morgan fingerprint density at radius 1 is 1.52 bits per heavy atom. The lowest BCUT2D eigenvalue weighted by atomic mass is 10.1. The maximum atomic E-state index is 12.4. The molecule has 116 valence electrons. The number of carbonyl (C=O) groups excluding carboxylic acids is 1. The van der Waals surface area contributed by atoms with Crippen molar-refractivity contribution in [3.8, 4) is 5.75 Å². The average Bonchev–Trinajstić information content (AvgIpc) is 2.36. The lowest BCUT2D eigenvalue weighted by Gasteiger charge is -2.41. The highest BCUT2D eigenvalue weighted by atomic mass is 35.5. The van der Waals surface area contributed by atoms with Crippen molar-refractivity contribution < 1.29 is 14.3 Å². The number of methoxy groups -OCH3 is 1. The highest BCUT2D eigenvalue weighted by Gasteiger charge is 2.33. The first-order valence-corrected chi connectivity index (χ1v) is 7.26. The number of nitrogens with zero attached hydrogens (tertiary/aromatic N) is 1. The summed E-state index contributed by atoms with van der Waals surface area (Å²) in [7, 11) is 1.55. The molecular formula is C15H21ClN2O3.